The highest BCUT2D eigenvalue weighted by Crippen LogP contribution is 2.19. The lowest BCUT2D eigenvalue weighted by Gasteiger charge is -2.25. The number of nitrogens with one attached hydrogen (secondary N) is 1. The Morgan fingerprint density at radius 2 is 2.13 bits per heavy atom. The van der Waals surface area contributed by atoms with Crippen LogP contribution in [0, 0.1) is 5.92 Å². The van der Waals surface area contributed by atoms with Crippen molar-refractivity contribution in [1.82, 2.24) is 5.32 Å². The summed E-state index contributed by atoms with van der Waals surface area (Å²) in [5.74, 6) is 0.803. The molecule has 88 valence electrons. The second-order valence-electron chi connectivity index (χ2n) is 4.09. The molecule has 1 saturated heterocycles. The molecule has 0 saturated carbocycles. The molecule has 1 heterocycles. The molecule has 0 spiro atoms. The van der Waals surface area contributed by atoms with E-state index in [2.05, 4.69) is 12.2 Å². The maximum atomic E-state index is 5.52. The zero-order valence-corrected chi connectivity index (χ0v) is 10.7. The van der Waals surface area contributed by atoms with E-state index >= 15 is 0 Å². The second-order valence-corrected chi connectivity index (χ2v) is 5.10. The largest absolute Gasteiger partial charge is 0.381 e. The van der Waals surface area contributed by atoms with E-state index in [0.717, 1.165) is 25.7 Å². The van der Waals surface area contributed by atoms with E-state index in [1.165, 1.54) is 19.3 Å². The lowest BCUT2D eigenvalue weighted by molar-refractivity contribution is 0.0613. The fourth-order valence-electron chi connectivity index (χ4n) is 1.90. The molecule has 1 atom stereocenters. The molecule has 0 radical (unpaired) electrons. The molecule has 2 nitrogen and oxygen atoms in total. The van der Waals surface area contributed by atoms with Crippen molar-refractivity contribution in [3.8, 4) is 0 Å². The molecule has 1 rings (SSSR count). The highest BCUT2D eigenvalue weighted by atomic mass is 35.5. The molecule has 1 aliphatic heterocycles. The lowest BCUT2D eigenvalue weighted by atomic mass is 9.93. The zero-order chi connectivity index (χ0) is 11.1. The molecular formula is C11H19Cl2NO. The average molecular weight is 252 g/mol. The van der Waals surface area contributed by atoms with Gasteiger partial charge in [0.25, 0.3) is 0 Å². The Morgan fingerprint density at radius 3 is 2.73 bits per heavy atom. The zero-order valence-electron chi connectivity index (χ0n) is 9.14. The van der Waals surface area contributed by atoms with Crippen molar-refractivity contribution < 1.29 is 4.74 Å². The standard InChI is InChI=1S/C11H19Cl2NO/c1-9(14-5-2-11(12)13)8-10-3-6-15-7-4-10/h2,9-10,14H,3-8H2,1H3. The van der Waals surface area contributed by atoms with Crippen molar-refractivity contribution in [2.24, 2.45) is 5.92 Å². The molecule has 0 aromatic carbocycles. The first-order valence-corrected chi connectivity index (χ1v) is 6.26. The van der Waals surface area contributed by atoms with E-state index < -0.39 is 0 Å². The predicted octanol–water partition coefficient (Wildman–Crippen LogP) is 3.10. The molecule has 0 aromatic heterocycles. The molecular weight excluding hydrogens is 233 g/mol. The molecule has 4 heteroatoms. The van der Waals surface area contributed by atoms with E-state index in [1.807, 2.05) is 0 Å². The lowest BCUT2D eigenvalue weighted by Crippen LogP contribution is -2.30. The average Bonchev–Trinajstić information content (AvgIpc) is 2.18. The third-order valence-electron chi connectivity index (χ3n) is 2.75. The van der Waals surface area contributed by atoms with Gasteiger partial charge in [0, 0.05) is 25.8 Å². The highest BCUT2D eigenvalue weighted by molar-refractivity contribution is 6.55. The summed E-state index contributed by atoms with van der Waals surface area (Å²) in [6.45, 7) is 4.79. The number of hydrogen-bond acceptors (Lipinski definition) is 2. The van der Waals surface area contributed by atoms with E-state index in [1.54, 1.807) is 6.08 Å². The van der Waals surface area contributed by atoms with Gasteiger partial charge in [-0.25, -0.2) is 0 Å². The molecule has 0 amide bonds. The SMILES string of the molecule is CC(CC1CCOCC1)NCC=C(Cl)Cl. The van der Waals surface area contributed by atoms with Crippen LogP contribution in [0.4, 0.5) is 0 Å². The molecule has 0 aromatic rings. The Balaban J connectivity index is 2.11. The third-order valence-corrected chi connectivity index (χ3v) is 3.06. The first kappa shape index (κ1) is 13.3. The Bertz CT molecular complexity index is 199. The minimum atomic E-state index is 0.334. The van der Waals surface area contributed by atoms with Crippen LogP contribution in [-0.2, 0) is 4.74 Å². The fraction of sp³-hybridized carbons (Fsp3) is 0.818. The minimum absolute atomic E-state index is 0.334. The van der Waals surface area contributed by atoms with Gasteiger partial charge < -0.3 is 10.1 Å². The van der Waals surface area contributed by atoms with Crippen LogP contribution >= 0.6 is 23.2 Å². The molecule has 15 heavy (non-hydrogen) atoms. The van der Waals surface area contributed by atoms with Gasteiger partial charge in [0.05, 0.1) is 0 Å². The van der Waals surface area contributed by atoms with Gasteiger partial charge in [0.15, 0.2) is 0 Å². The van der Waals surface area contributed by atoms with Crippen molar-refractivity contribution in [2.45, 2.75) is 32.2 Å². The van der Waals surface area contributed by atoms with Gasteiger partial charge in [-0.05, 0) is 38.2 Å². The van der Waals surface area contributed by atoms with Gasteiger partial charge >= 0.3 is 0 Å². The van der Waals surface area contributed by atoms with Gasteiger partial charge in [-0.3, -0.25) is 0 Å². The summed E-state index contributed by atoms with van der Waals surface area (Å²) in [5.41, 5.74) is 0. The third kappa shape index (κ3) is 6.41. The van der Waals surface area contributed by atoms with Gasteiger partial charge in [-0.1, -0.05) is 23.2 Å². The normalized spacial score (nSPS) is 19.9. The van der Waals surface area contributed by atoms with Crippen molar-refractivity contribution in [3.05, 3.63) is 10.6 Å². The van der Waals surface area contributed by atoms with Crippen LogP contribution in [0.2, 0.25) is 0 Å². The van der Waals surface area contributed by atoms with E-state index in [-0.39, 0.29) is 0 Å². The fourth-order valence-corrected chi connectivity index (χ4v) is 2.06. The van der Waals surface area contributed by atoms with E-state index in [4.69, 9.17) is 27.9 Å². The van der Waals surface area contributed by atoms with Crippen LogP contribution in [0.15, 0.2) is 10.6 Å². The summed E-state index contributed by atoms with van der Waals surface area (Å²) < 4.78 is 5.66. The number of ether oxygens (including phenoxy) is 1. The van der Waals surface area contributed by atoms with Gasteiger partial charge in [0.1, 0.15) is 4.49 Å². The highest BCUT2D eigenvalue weighted by Gasteiger charge is 2.16. The summed E-state index contributed by atoms with van der Waals surface area (Å²) in [6, 6.07) is 0.511. The Kier molecular flexibility index (Phi) is 6.66. The van der Waals surface area contributed by atoms with Crippen LogP contribution in [-0.4, -0.2) is 25.8 Å². The monoisotopic (exact) mass is 251 g/mol. The van der Waals surface area contributed by atoms with E-state index in [0.29, 0.717) is 10.5 Å². The van der Waals surface area contributed by atoms with E-state index in [9.17, 15) is 0 Å². The van der Waals surface area contributed by atoms with Gasteiger partial charge in [0.2, 0.25) is 0 Å². The summed E-state index contributed by atoms with van der Waals surface area (Å²) in [4.78, 5) is 0. The van der Waals surface area contributed by atoms with Crippen molar-refractivity contribution in [1.29, 1.82) is 0 Å². The Hall–Kier alpha value is 0.240. The molecule has 0 aliphatic carbocycles. The predicted molar refractivity (Wildman–Crippen MR) is 65.4 cm³/mol. The Morgan fingerprint density at radius 1 is 1.47 bits per heavy atom. The molecule has 1 N–H and O–H groups in total. The van der Waals surface area contributed by atoms with Crippen molar-refractivity contribution in [3.63, 3.8) is 0 Å². The maximum Gasteiger partial charge on any atom is 0.104 e. The molecule has 1 fully saturated rings. The van der Waals surface area contributed by atoms with Crippen LogP contribution in [0.1, 0.15) is 26.2 Å². The van der Waals surface area contributed by atoms with Crippen LogP contribution in [0.25, 0.3) is 0 Å². The smallest absolute Gasteiger partial charge is 0.104 e. The quantitative estimate of drug-likeness (QED) is 0.811. The summed E-state index contributed by atoms with van der Waals surface area (Å²) >= 11 is 11.0. The number of halogens is 2. The topological polar surface area (TPSA) is 21.3 Å². The first-order valence-electron chi connectivity index (χ1n) is 5.50. The minimum Gasteiger partial charge on any atom is -0.381 e. The van der Waals surface area contributed by atoms with Crippen molar-refractivity contribution in [2.75, 3.05) is 19.8 Å². The summed E-state index contributed by atoms with van der Waals surface area (Å²) in [6.07, 6.45) is 5.37. The van der Waals surface area contributed by atoms with Gasteiger partial charge in [-0.15, -0.1) is 0 Å². The van der Waals surface area contributed by atoms with Gasteiger partial charge in [-0.2, -0.15) is 0 Å². The summed E-state index contributed by atoms with van der Waals surface area (Å²) in [7, 11) is 0. The van der Waals surface area contributed by atoms with Crippen molar-refractivity contribution >= 4 is 23.2 Å². The summed E-state index contributed by atoms with van der Waals surface area (Å²) in [5, 5.41) is 3.38. The molecule has 1 aliphatic rings. The first-order chi connectivity index (χ1) is 7.18. The second kappa shape index (κ2) is 7.50. The maximum absolute atomic E-state index is 5.52. The van der Waals surface area contributed by atoms with Crippen LogP contribution < -0.4 is 5.32 Å². The van der Waals surface area contributed by atoms with Crippen LogP contribution in [0.3, 0.4) is 0 Å². The molecule has 1 unspecified atom stereocenters. The number of rotatable bonds is 5. The Labute approximate surface area is 102 Å². The van der Waals surface area contributed by atoms with Crippen LogP contribution in [0.5, 0.6) is 0 Å². The number of hydrogen-bond donors (Lipinski definition) is 1. The molecule has 0 bridgehead atoms.